The van der Waals surface area contributed by atoms with Crippen LogP contribution in [0.15, 0.2) is 54.6 Å². The molecule has 0 aromatic heterocycles. The van der Waals surface area contributed by atoms with Gasteiger partial charge in [-0.05, 0) is 44.0 Å². The van der Waals surface area contributed by atoms with Crippen LogP contribution in [0.4, 0.5) is 4.39 Å². The van der Waals surface area contributed by atoms with E-state index in [2.05, 4.69) is 10.2 Å². The van der Waals surface area contributed by atoms with Crippen molar-refractivity contribution in [3.05, 3.63) is 66.0 Å². The molecule has 1 fully saturated rings. The van der Waals surface area contributed by atoms with E-state index in [-0.39, 0.29) is 17.8 Å². The minimum atomic E-state index is -0.165. The van der Waals surface area contributed by atoms with Gasteiger partial charge in [0, 0.05) is 31.1 Å². The van der Waals surface area contributed by atoms with Crippen LogP contribution in [0.3, 0.4) is 0 Å². The maximum atomic E-state index is 13.8. The zero-order valence-corrected chi connectivity index (χ0v) is 15.6. The topological polar surface area (TPSA) is 41.6 Å². The van der Waals surface area contributed by atoms with Gasteiger partial charge in [0.25, 0.3) is 0 Å². The molecule has 0 aliphatic carbocycles. The van der Waals surface area contributed by atoms with Gasteiger partial charge in [-0.25, -0.2) is 4.39 Å². The number of rotatable bonds is 8. The quantitative estimate of drug-likeness (QED) is 0.720. The summed E-state index contributed by atoms with van der Waals surface area (Å²) in [4.78, 5) is 14.4. The van der Waals surface area contributed by atoms with Crippen molar-refractivity contribution in [3.63, 3.8) is 0 Å². The second-order valence-electron chi connectivity index (χ2n) is 7.00. The third kappa shape index (κ3) is 6.36. The summed E-state index contributed by atoms with van der Waals surface area (Å²) in [5.41, 5.74) is 0.711. The predicted molar refractivity (Wildman–Crippen MR) is 104 cm³/mol. The first kappa shape index (κ1) is 19.4. The van der Waals surface area contributed by atoms with Gasteiger partial charge in [0.2, 0.25) is 5.91 Å². The Labute approximate surface area is 160 Å². The largest absolute Gasteiger partial charge is 0.494 e. The lowest BCUT2D eigenvalue weighted by Gasteiger charge is -2.33. The standard InChI is InChI=1S/C22H27FN2O2/c23-21-12-5-4-8-18(21)16-25-14-6-9-19(17-25)24-22(26)13-7-15-27-20-10-2-1-3-11-20/h1-5,8,10-12,19H,6-7,9,13-17H2,(H,24,26)/t19-/m1/s1. The zero-order chi connectivity index (χ0) is 18.9. The number of piperidine rings is 1. The Bertz CT molecular complexity index is 723. The molecule has 2 aromatic rings. The van der Waals surface area contributed by atoms with Gasteiger partial charge in [0.15, 0.2) is 0 Å². The van der Waals surface area contributed by atoms with Crippen LogP contribution in [0.2, 0.25) is 0 Å². The molecule has 1 aliphatic rings. The van der Waals surface area contributed by atoms with Crippen LogP contribution >= 0.6 is 0 Å². The van der Waals surface area contributed by atoms with Gasteiger partial charge in [-0.1, -0.05) is 36.4 Å². The second kappa shape index (κ2) is 10.1. The van der Waals surface area contributed by atoms with Crippen molar-refractivity contribution in [1.29, 1.82) is 0 Å². The maximum absolute atomic E-state index is 13.8. The highest BCUT2D eigenvalue weighted by atomic mass is 19.1. The minimum Gasteiger partial charge on any atom is -0.494 e. The van der Waals surface area contributed by atoms with Crippen molar-refractivity contribution in [1.82, 2.24) is 10.2 Å². The summed E-state index contributed by atoms with van der Waals surface area (Å²) in [7, 11) is 0. The Morgan fingerprint density at radius 3 is 2.74 bits per heavy atom. The summed E-state index contributed by atoms with van der Waals surface area (Å²) in [5.74, 6) is 0.723. The zero-order valence-electron chi connectivity index (χ0n) is 15.6. The van der Waals surface area contributed by atoms with Gasteiger partial charge in [-0.15, -0.1) is 0 Å². The molecule has 0 saturated carbocycles. The number of likely N-dealkylation sites (tertiary alicyclic amines) is 1. The number of carbonyl (C=O) groups is 1. The normalized spacial score (nSPS) is 17.4. The Kier molecular flexibility index (Phi) is 7.22. The van der Waals surface area contributed by atoms with E-state index >= 15 is 0 Å². The van der Waals surface area contributed by atoms with Crippen LogP contribution in [0.25, 0.3) is 0 Å². The number of halogens is 1. The molecule has 144 valence electrons. The van der Waals surface area contributed by atoms with E-state index in [0.29, 0.717) is 31.6 Å². The van der Waals surface area contributed by atoms with Crippen molar-refractivity contribution in [2.75, 3.05) is 19.7 Å². The molecule has 27 heavy (non-hydrogen) atoms. The lowest BCUT2D eigenvalue weighted by Crippen LogP contribution is -2.47. The first-order valence-electron chi connectivity index (χ1n) is 9.63. The van der Waals surface area contributed by atoms with Crippen LogP contribution in [0.5, 0.6) is 5.75 Å². The summed E-state index contributed by atoms with van der Waals surface area (Å²) < 4.78 is 19.5. The third-order valence-corrected chi connectivity index (χ3v) is 4.78. The number of benzene rings is 2. The summed E-state index contributed by atoms with van der Waals surface area (Å²) in [6.07, 6.45) is 3.12. The molecular weight excluding hydrogens is 343 g/mol. The summed E-state index contributed by atoms with van der Waals surface area (Å²) in [6.45, 7) is 2.82. The molecule has 1 amide bonds. The molecular formula is C22H27FN2O2. The number of hydrogen-bond donors (Lipinski definition) is 1. The molecule has 0 bridgehead atoms. The number of para-hydroxylation sites is 1. The molecule has 3 rings (SSSR count). The highest BCUT2D eigenvalue weighted by molar-refractivity contribution is 5.76. The average Bonchev–Trinajstić information content (AvgIpc) is 2.68. The predicted octanol–water partition coefficient (Wildman–Crippen LogP) is 3.77. The number of nitrogens with one attached hydrogen (secondary N) is 1. The van der Waals surface area contributed by atoms with E-state index < -0.39 is 0 Å². The smallest absolute Gasteiger partial charge is 0.220 e. The monoisotopic (exact) mass is 370 g/mol. The Balaban J connectivity index is 1.37. The van der Waals surface area contributed by atoms with Crippen molar-refractivity contribution >= 4 is 5.91 Å². The molecule has 1 heterocycles. The number of ether oxygens (including phenoxy) is 1. The fourth-order valence-electron chi connectivity index (χ4n) is 3.42. The van der Waals surface area contributed by atoms with Crippen LogP contribution in [-0.2, 0) is 11.3 Å². The first-order chi connectivity index (χ1) is 13.2. The maximum Gasteiger partial charge on any atom is 0.220 e. The minimum absolute atomic E-state index is 0.0596. The fourth-order valence-corrected chi connectivity index (χ4v) is 3.42. The van der Waals surface area contributed by atoms with E-state index in [9.17, 15) is 9.18 Å². The van der Waals surface area contributed by atoms with Gasteiger partial charge in [0.1, 0.15) is 11.6 Å². The van der Waals surface area contributed by atoms with Crippen LogP contribution in [0, 0.1) is 5.82 Å². The Morgan fingerprint density at radius 1 is 1.15 bits per heavy atom. The molecule has 1 N–H and O–H groups in total. The summed E-state index contributed by atoms with van der Waals surface area (Å²) >= 11 is 0. The summed E-state index contributed by atoms with van der Waals surface area (Å²) in [6, 6.07) is 16.6. The van der Waals surface area contributed by atoms with E-state index in [0.717, 1.165) is 31.7 Å². The van der Waals surface area contributed by atoms with Crippen molar-refractivity contribution < 1.29 is 13.9 Å². The molecule has 1 aliphatic heterocycles. The van der Waals surface area contributed by atoms with Crippen LogP contribution in [0.1, 0.15) is 31.2 Å². The van der Waals surface area contributed by atoms with Gasteiger partial charge in [0.05, 0.1) is 6.61 Å². The number of amides is 1. The molecule has 2 aromatic carbocycles. The second-order valence-corrected chi connectivity index (χ2v) is 7.00. The first-order valence-corrected chi connectivity index (χ1v) is 9.63. The van der Waals surface area contributed by atoms with E-state index in [4.69, 9.17) is 4.74 Å². The van der Waals surface area contributed by atoms with Gasteiger partial charge >= 0.3 is 0 Å². The highest BCUT2D eigenvalue weighted by Crippen LogP contribution is 2.16. The van der Waals surface area contributed by atoms with Gasteiger partial charge < -0.3 is 10.1 Å². The molecule has 5 heteroatoms. The van der Waals surface area contributed by atoms with Crippen molar-refractivity contribution in [2.24, 2.45) is 0 Å². The van der Waals surface area contributed by atoms with Crippen LogP contribution in [-0.4, -0.2) is 36.5 Å². The lowest BCUT2D eigenvalue weighted by molar-refractivity contribution is -0.122. The number of hydrogen-bond acceptors (Lipinski definition) is 3. The fraction of sp³-hybridized carbons (Fsp3) is 0.409. The Hall–Kier alpha value is -2.40. The van der Waals surface area contributed by atoms with E-state index in [1.165, 1.54) is 6.07 Å². The molecule has 0 unspecified atom stereocenters. The number of nitrogens with zero attached hydrogens (tertiary/aromatic N) is 1. The molecule has 0 spiro atoms. The highest BCUT2D eigenvalue weighted by Gasteiger charge is 2.22. The number of carbonyl (C=O) groups excluding carboxylic acids is 1. The average molecular weight is 370 g/mol. The van der Waals surface area contributed by atoms with Crippen molar-refractivity contribution in [3.8, 4) is 5.75 Å². The molecule has 1 atom stereocenters. The van der Waals surface area contributed by atoms with Crippen molar-refractivity contribution in [2.45, 2.75) is 38.3 Å². The van der Waals surface area contributed by atoms with Crippen LogP contribution < -0.4 is 10.1 Å². The molecule has 1 saturated heterocycles. The van der Waals surface area contributed by atoms with E-state index in [1.807, 2.05) is 42.5 Å². The van der Waals surface area contributed by atoms with Gasteiger partial charge in [-0.2, -0.15) is 0 Å². The summed E-state index contributed by atoms with van der Waals surface area (Å²) in [5, 5.41) is 3.12. The third-order valence-electron chi connectivity index (χ3n) is 4.78. The Morgan fingerprint density at radius 2 is 1.93 bits per heavy atom. The lowest BCUT2D eigenvalue weighted by atomic mass is 10.0. The molecule has 0 radical (unpaired) electrons. The van der Waals surface area contributed by atoms with Gasteiger partial charge in [-0.3, -0.25) is 9.69 Å². The SMILES string of the molecule is O=C(CCCOc1ccccc1)N[C@@H]1CCCN(Cc2ccccc2F)C1. The molecule has 4 nitrogen and oxygen atoms in total. The van der Waals surface area contributed by atoms with E-state index in [1.54, 1.807) is 6.07 Å².